The van der Waals surface area contributed by atoms with Gasteiger partial charge in [0.2, 0.25) is 5.52 Å². The first-order valence-corrected chi connectivity index (χ1v) is 8.73. The maximum atomic E-state index is 12.3. The van der Waals surface area contributed by atoms with Crippen LogP contribution < -0.4 is 20.6 Å². The molecule has 0 amide bonds. The van der Waals surface area contributed by atoms with Crippen LogP contribution in [-0.4, -0.2) is 46.2 Å². The number of H-pyrrole nitrogens is 1. The monoisotopic (exact) mass is 358 g/mol. The number of likely N-dealkylation sites (N-methyl/N-ethyl adjacent to an activating group) is 1. The molecule has 2 heterocycles. The number of benzene rings is 1. The van der Waals surface area contributed by atoms with E-state index in [4.69, 9.17) is 4.74 Å². The second kappa shape index (κ2) is 7.25. The summed E-state index contributed by atoms with van der Waals surface area (Å²) in [6.45, 7) is 7.51. The number of nitrogens with one attached hydrogen (secondary N) is 1. The summed E-state index contributed by atoms with van der Waals surface area (Å²) in [5.41, 5.74) is 1.34. The molecule has 1 aromatic carbocycles. The zero-order valence-electron chi connectivity index (χ0n) is 15.6. The fourth-order valence-corrected chi connectivity index (χ4v) is 3.19. The van der Waals surface area contributed by atoms with Crippen molar-refractivity contribution in [3.8, 4) is 5.75 Å². The standard InChI is InChI=1S/C18H23N5O3/c1-5-22(6-2)9-10-23-14-11-12(26-4)7-8-13(14)19-15-16(24)20-18(25)21(3)17(15)23/h7-8,11H,5-6,9-10H2,1-4H3/p+1. The van der Waals surface area contributed by atoms with Gasteiger partial charge in [-0.2, -0.15) is 4.57 Å². The van der Waals surface area contributed by atoms with Gasteiger partial charge >= 0.3 is 11.3 Å². The number of hydrogen-bond donors (Lipinski definition) is 1. The summed E-state index contributed by atoms with van der Waals surface area (Å²) in [6, 6.07) is 5.52. The third-order valence-corrected chi connectivity index (χ3v) is 4.77. The van der Waals surface area contributed by atoms with Crippen LogP contribution in [0.4, 0.5) is 0 Å². The third kappa shape index (κ3) is 3.08. The topological polar surface area (TPSA) is 84.1 Å². The average molecular weight is 358 g/mol. The summed E-state index contributed by atoms with van der Waals surface area (Å²) in [7, 11) is 3.25. The Balaban J connectivity index is 2.35. The van der Waals surface area contributed by atoms with Gasteiger partial charge in [-0.3, -0.25) is 14.7 Å². The molecule has 0 saturated carbocycles. The van der Waals surface area contributed by atoms with E-state index < -0.39 is 11.2 Å². The van der Waals surface area contributed by atoms with Gasteiger partial charge in [0, 0.05) is 12.6 Å². The van der Waals surface area contributed by atoms with Gasteiger partial charge in [0.15, 0.2) is 5.52 Å². The van der Waals surface area contributed by atoms with E-state index in [1.807, 2.05) is 22.8 Å². The number of rotatable bonds is 6. The molecular formula is C18H24N5O3+. The van der Waals surface area contributed by atoms with Gasteiger partial charge in [0.05, 0.1) is 14.2 Å². The van der Waals surface area contributed by atoms with Crippen molar-refractivity contribution in [1.82, 2.24) is 19.4 Å². The number of aromatic amines is 1. The summed E-state index contributed by atoms with van der Waals surface area (Å²) in [5.74, 6) is 0.699. The Kier molecular flexibility index (Phi) is 5.03. The molecule has 26 heavy (non-hydrogen) atoms. The predicted molar refractivity (Wildman–Crippen MR) is 99.6 cm³/mol. The van der Waals surface area contributed by atoms with Gasteiger partial charge in [-0.25, -0.2) is 14.3 Å². The van der Waals surface area contributed by atoms with Crippen LogP contribution in [0.2, 0.25) is 0 Å². The molecule has 3 aromatic rings. The molecule has 0 fully saturated rings. The Morgan fingerprint density at radius 2 is 2.00 bits per heavy atom. The van der Waals surface area contributed by atoms with E-state index in [9.17, 15) is 9.59 Å². The number of aromatic nitrogens is 4. The smallest absolute Gasteiger partial charge is 0.415 e. The van der Waals surface area contributed by atoms with E-state index in [0.717, 1.165) is 25.2 Å². The van der Waals surface area contributed by atoms with Crippen LogP contribution in [-0.2, 0) is 13.6 Å². The highest BCUT2D eigenvalue weighted by atomic mass is 16.5. The molecule has 0 atom stereocenters. The summed E-state index contributed by atoms with van der Waals surface area (Å²) in [6.07, 6.45) is 0. The molecule has 1 N–H and O–H groups in total. The van der Waals surface area contributed by atoms with Crippen molar-refractivity contribution in [3.63, 3.8) is 0 Å². The van der Waals surface area contributed by atoms with Crippen molar-refractivity contribution in [2.75, 3.05) is 26.7 Å². The SMILES string of the molecule is CCN(CC)CC[n+]1c2cc(OC)ccc2nc2c(=O)[nH]c(=O)n(C)c21. The number of methoxy groups -OCH3 is 1. The lowest BCUT2D eigenvalue weighted by Gasteiger charge is -2.18. The Morgan fingerprint density at radius 3 is 2.65 bits per heavy atom. The molecule has 0 aliphatic heterocycles. The van der Waals surface area contributed by atoms with E-state index in [2.05, 4.69) is 28.7 Å². The van der Waals surface area contributed by atoms with Crippen molar-refractivity contribution < 1.29 is 9.30 Å². The maximum absolute atomic E-state index is 12.3. The van der Waals surface area contributed by atoms with E-state index in [-0.39, 0.29) is 5.52 Å². The number of nitrogens with zero attached hydrogens (tertiary/aromatic N) is 4. The number of hydrogen-bond acceptors (Lipinski definition) is 5. The Hall–Kier alpha value is -2.74. The van der Waals surface area contributed by atoms with E-state index in [0.29, 0.717) is 23.5 Å². The first-order valence-electron chi connectivity index (χ1n) is 8.73. The number of ether oxygens (including phenoxy) is 1. The molecule has 3 rings (SSSR count). The van der Waals surface area contributed by atoms with E-state index in [1.54, 1.807) is 14.2 Å². The molecule has 0 radical (unpaired) electrons. The highest BCUT2D eigenvalue weighted by Gasteiger charge is 2.22. The Morgan fingerprint density at radius 1 is 1.27 bits per heavy atom. The Labute approximate surface area is 150 Å². The largest absolute Gasteiger partial charge is 0.497 e. The van der Waals surface area contributed by atoms with Gasteiger partial charge in [-0.1, -0.05) is 13.8 Å². The van der Waals surface area contributed by atoms with E-state index >= 15 is 0 Å². The fourth-order valence-electron chi connectivity index (χ4n) is 3.19. The molecule has 0 aliphatic carbocycles. The fraction of sp³-hybridized carbons (Fsp3) is 0.444. The maximum Gasteiger partial charge on any atom is 0.415 e. The average Bonchev–Trinajstić information content (AvgIpc) is 2.65. The first kappa shape index (κ1) is 18.1. The van der Waals surface area contributed by atoms with Crippen molar-refractivity contribution in [1.29, 1.82) is 0 Å². The highest BCUT2D eigenvalue weighted by Crippen LogP contribution is 2.18. The lowest BCUT2D eigenvalue weighted by atomic mass is 10.2. The lowest BCUT2D eigenvalue weighted by Crippen LogP contribution is -2.46. The van der Waals surface area contributed by atoms with E-state index in [1.165, 1.54) is 4.57 Å². The van der Waals surface area contributed by atoms with Crippen LogP contribution in [0.25, 0.3) is 22.2 Å². The normalized spacial score (nSPS) is 11.6. The Bertz CT molecular complexity index is 1070. The van der Waals surface area contributed by atoms with Crippen LogP contribution in [0.15, 0.2) is 27.8 Å². The summed E-state index contributed by atoms with van der Waals surface area (Å²) >= 11 is 0. The predicted octanol–water partition coefficient (Wildman–Crippen LogP) is 0.413. The minimum Gasteiger partial charge on any atom is -0.497 e. The number of fused-ring (bicyclic) bond motifs is 2. The number of aryl methyl sites for hydroxylation is 1. The highest BCUT2D eigenvalue weighted by molar-refractivity contribution is 5.80. The lowest BCUT2D eigenvalue weighted by molar-refractivity contribution is -0.648. The van der Waals surface area contributed by atoms with Gasteiger partial charge in [-0.15, -0.1) is 0 Å². The summed E-state index contributed by atoms with van der Waals surface area (Å²) in [4.78, 5) is 33.6. The molecule has 0 spiro atoms. The quantitative estimate of drug-likeness (QED) is 0.510. The van der Waals surface area contributed by atoms with Gasteiger partial charge in [0.25, 0.3) is 5.56 Å². The molecule has 0 saturated heterocycles. The molecule has 8 heteroatoms. The molecule has 2 aromatic heterocycles. The van der Waals surface area contributed by atoms with Crippen LogP contribution in [0.5, 0.6) is 5.75 Å². The molecule has 0 unspecified atom stereocenters. The molecular weight excluding hydrogens is 334 g/mol. The zero-order valence-corrected chi connectivity index (χ0v) is 15.6. The van der Waals surface area contributed by atoms with Gasteiger partial charge < -0.3 is 4.74 Å². The minimum atomic E-state index is -0.475. The van der Waals surface area contributed by atoms with Crippen molar-refractivity contribution in [2.24, 2.45) is 7.05 Å². The molecule has 0 bridgehead atoms. The minimum absolute atomic E-state index is 0.254. The molecule has 0 aliphatic rings. The first-order chi connectivity index (χ1) is 12.5. The molecule has 8 nitrogen and oxygen atoms in total. The summed E-state index contributed by atoms with van der Waals surface area (Å²) < 4.78 is 8.76. The third-order valence-electron chi connectivity index (χ3n) is 4.77. The van der Waals surface area contributed by atoms with Crippen molar-refractivity contribution in [3.05, 3.63) is 39.0 Å². The van der Waals surface area contributed by atoms with Crippen LogP contribution in [0.3, 0.4) is 0 Å². The molecule has 138 valence electrons. The van der Waals surface area contributed by atoms with Crippen LogP contribution >= 0.6 is 0 Å². The van der Waals surface area contributed by atoms with Crippen molar-refractivity contribution >= 4 is 22.2 Å². The van der Waals surface area contributed by atoms with Gasteiger partial charge in [-0.05, 0) is 25.2 Å². The second-order valence-electron chi connectivity index (χ2n) is 6.14. The zero-order chi connectivity index (χ0) is 18.8. The second-order valence-corrected chi connectivity index (χ2v) is 6.14. The van der Waals surface area contributed by atoms with Gasteiger partial charge in [0.1, 0.15) is 17.8 Å². The van der Waals surface area contributed by atoms with Crippen LogP contribution in [0.1, 0.15) is 13.8 Å². The summed E-state index contributed by atoms with van der Waals surface area (Å²) in [5, 5.41) is 0. The van der Waals surface area contributed by atoms with Crippen LogP contribution in [0, 0.1) is 0 Å². The van der Waals surface area contributed by atoms with Crippen molar-refractivity contribution in [2.45, 2.75) is 20.4 Å².